The van der Waals surface area contributed by atoms with E-state index in [0.717, 1.165) is 25.1 Å². The van der Waals surface area contributed by atoms with Crippen molar-refractivity contribution in [3.63, 3.8) is 0 Å². The van der Waals surface area contributed by atoms with Crippen LogP contribution in [-0.4, -0.2) is 24.5 Å². The summed E-state index contributed by atoms with van der Waals surface area (Å²) in [6.45, 7) is 0.756. The van der Waals surface area contributed by atoms with Gasteiger partial charge >= 0.3 is 0 Å². The highest BCUT2D eigenvalue weighted by Gasteiger charge is 2.21. The minimum atomic E-state index is -0.266. The van der Waals surface area contributed by atoms with Gasteiger partial charge in [-0.15, -0.1) is 0 Å². The van der Waals surface area contributed by atoms with Gasteiger partial charge in [-0.2, -0.15) is 0 Å². The van der Waals surface area contributed by atoms with Crippen molar-refractivity contribution in [1.82, 2.24) is 10.3 Å². The fourth-order valence-electron chi connectivity index (χ4n) is 1.78. The SMILES string of the molecule is CNC(=O)c1nc(C2CCCO2)ccc1N. The maximum atomic E-state index is 11.5. The van der Waals surface area contributed by atoms with E-state index in [0.29, 0.717) is 5.69 Å². The van der Waals surface area contributed by atoms with Crippen LogP contribution in [0, 0.1) is 0 Å². The molecule has 3 N–H and O–H groups in total. The molecule has 0 spiro atoms. The molecule has 0 saturated carbocycles. The van der Waals surface area contributed by atoms with Crippen LogP contribution < -0.4 is 11.1 Å². The smallest absolute Gasteiger partial charge is 0.271 e. The first kappa shape index (κ1) is 10.9. The van der Waals surface area contributed by atoms with Gasteiger partial charge in [0.25, 0.3) is 5.91 Å². The summed E-state index contributed by atoms with van der Waals surface area (Å²) >= 11 is 0. The first-order chi connectivity index (χ1) is 7.72. The number of aromatic nitrogens is 1. The lowest BCUT2D eigenvalue weighted by Gasteiger charge is -2.11. The summed E-state index contributed by atoms with van der Waals surface area (Å²) in [5, 5.41) is 2.52. The second kappa shape index (κ2) is 4.49. The maximum Gasteiger partial charge on any atom is 0.271 e. The highest BCUT2D eigenvalue weighted by Crippen LogP contribution is 2.28. The maximum absolute atomic E-state index is 11.5. The van der Waals surface area contributed by atoms with Crippen molar-refractivity contribution in [2.45, 2.75) is 18.9 Å². The van der Waals surface area contributed by atoms with Gasteiger partial charge in [-0.25, -0.2) is 4.98 Å². The average molecular weight is 221 g/mol. The molecule has 0 aliphatic carbocycles. The normalized spacial score (nSPS) is 19.7. The van der Waals surface area contributed by atoms with Gasteiger partial charge in [0.2, 0.25) is 0 Å². The van der Waals surface area contributed by atoms with Crippen LogP contribution in [0.1, 0.15) is 35.1 Å². The van der Waals surface area contributed by atoms with Crippen molar-refractivity contribution >= 4 is 11.6 Å². The number of nitrogens with zero attached hydrogens (tertiary/aromatic N) is 1. The number of ether oxygens (including phenoxy) is 1. The van der Waals surface area contributed by atoms with Gasteiger partial charge < -0.3 is 15.8 Å². The van der Waals surface area contributed by atoms with E-state index in [1.54, 1.807) is 13.1 Å². The molecular weight excluding hydrogens is 206 g/mol. The number of amides is 1. The summed E-state index contributed by atoms with van der Waals surface area (Å²) in [5.41, 5.74) is 7.15. The number of nitrogen functional groups attached to an aromatic ring is 1. The summed E-state index contributed by atoms with van der Waals surface area (Å²) in [4.78, 5) is 15.8. The van der Waals surface area contributed by atoms with E-state index < -0.39 is 0 Å². The Bertz CT molecular complexity index is 400. The molecule has 2 heterocycles. The molecule has 86 valence electrons. The molecular formula is C11H15N3O2. The lowest BCUT2D eigenvalue weighted by molar-refractivity contribution is 0.0953. The number of carbonyl (C=O) groups is 1. The number of nitrogens with two attached hydrogens (primary N) is 1. The molecule has 2 rings (SSSR count). The molecule has 16 heavy (non-hydrogen) atoms. The van der Waals surface area contributed by atoms with Crippen molar-refractivity contribution in [2.75, 3.05) is 19.4 Å². The largest absolute Gasteiger partial charge is 0.397 e. The summed E-state index contributed by atoms with van der Waals surface area (Å²) in [6, 6.07) is 3.52. The van der Waals surface area contributed by atoms with Crippen LogP contribution in [0.15, 0.2) is 12.1 Å². The molecule has 5 nitrogen and oxygen atoms in total. The van der Waals surface area contributed by atoms with E-state index in [9.17, 15) is 4.79 Å². The Morgan fingerprint density at radius 1 is 1.62 bits per heavy atom. The topological polar surface area (TPSA) is 77.2 Å². The number of rotatable bonds is 2. The first-order valence-corrected chi connectivity index (χ1v) is 5.32. The molecule has 1 fully saturated rings. The summed E-state index contributed by atoms with van der Waals surface area (Å²) in [6.07, 6.45) is 1.99. The molecule has 5 heteroatoms. The van der Waals surface area contributed by atoms with Crippen molar-refractivity contribution in [1.29, 1.82) is 0 Å². The fraction of sp³-hybridized carbons (Fsp3) is 0.455. The molecule has 1 aromatic rings. The van der Waals surface area contributed by atoms with Crippen LogP contribution in [0.2, 0.25) is 0 Å². The van der Waals surface area contributed by atoms with Crippen LogP contribution in [-0.2, 0) is 4.74 Å². The lowest BCUT2D eigenvalue weighted by atomic mass is 10.1. The molecule has 1 aromatic heterocycles. The van der Waals surface area contributed by atoms with Crippen LogP contribution in [0.4, 0.5) is 5.69 Å². The minimum Gasteiger partial charge on any atom is -0.397 e. The number of nitrogens with one attached hydrogen (secondary N) is 1. The summed E-state index contributed by atoms with van der Waals surface area (Å²) in [5.74, 6) is -0.266. The van der Waals surface area contributed by atoms with Crippen LogP contribution >= 0.6 is 0 Å². The van der Waals surface area contributed by atoms with Crippen LogP contribution in [0.25, 0.3) is 0 Å². The van der Waals surface area contributed by atoms with Gasteiger partial charge in [0.05, 0.1) is 17.5 Å². The zero-order valence-electron chi connectivity index (χ0n) is 9.19. The zero-order valence-corrected chi connectivity index (χ0v) is 9.19. The Kier molecular flexibility index (Phi) is 3.05. The third-order valence-corrected chi connectivity index (χ3v) is 2.65. The number of hydrogen-bond donors (Lipinski definition) is 2. The van der Waals surface area contributed by atoms with E-state index in [4.69, 9.17) is 10.5 Å². The van der Waals surface area contributed by atoms with E-state index in [1.807, 2.05) is 6.07 Å². The number of carbonyl (C=O) groups excluding carboxylic acids is 1. The molecule has 1 aliphatic rings. The molecule has 1 unspecified atom stereocenters. The number of anilines is 1. The van der Waals surface area contributed by atoms with Crippen molar-refractivity contribution in [3.8, 4) is 0 Å². The van der Waals surface area contributed by atoms with Gasteiger partial charge in [0.1, 0.15) is 0 Å². The van der Waals surface area contributed by atoms with Crippen molar-refractivity contribution in [3.05, 3.63) is 23.5 Å². The Labute approximate surface area is 94.0 Å². The Morgan fingerprint density at radius 3 is 3.06 bits per heavy atom. The predicted molar refractivity (Wildman–Crippen MR) is 60.0 cm³/mol. The van der Waals surface area contributed by atoms with E-state index in [2.05, 4.69) is 10.3 Å². The van der Waals surface area contributed by atoms with Crippen LogP contribution in [0.3, 0.4) is 0 Å². The standard InChI is InChI=1S/C11H15N3O2/c1-13-11(15)10-7(12)4-5-8(14-10)9-3-2-6-16-9/h4-5,9H,2-3,6,12H2,1H3,(H,13,15). The molecule has 0 radical (unpaired) electrons. The second-order valence-corrected chi connectivity index (χ2v) is 3.75. The zero-order chi connectivity index (χ0) is 11.5. The van der Waals surface area contributed by atoms with Crippen LogP contribution in [0.5, 0.6) is 0 Å². The van der Waals surface area contributed by atoms with E-state index >= 15 is 0 Å². The monoisotopic (exact) mass is 221 g/mol. The highest BCUT2D eigenvalue weighted by molar-refractivity contribution is 5.96. The lowest BCUT2D eigenvalue weighted by Crippen LogP contribution is -2.21. The van der Waals surface area contributed by atoms with Crippen molar-refractivity contribution < 1.29 is 9.53 Å². The van der Waals surface area contributed by atoms with Gasteiger partial charge in [-0.3, -0.25) is 4.79 Å². The molecule has 1 atom stereocenters. The van der Waals surface area contributed by atoms with Gasteiger partial charge in [-0.05, 0) is 25.0 Å². The third-order valence-electron chi connectivity index (χ3n) is 2.65. The van der Waals surface area contributed by atoms with Gasteiger partial charge in [0.15, 0.2) is 5.69 Å². The minimum absolute atomic E-state index is 0.00371. The van der Waals surface area contributed by atoms with E-state index in [1.165, 1.54) is 0 Å². The van der Waals surface area contributed by atoms with Gasteiger partial charge in [-0.1, -0.05) is 0 Å². The molecule has 1 aliphatic heterocycles. The van der Waals surface area contributed by atoms with E-state index in [-0.39, 0.29) is 17.7 Å². The Balaban J connectivity index is 2.30. The summed E-state index contributed by atoms with van der Waals surface area (Å²) < 4.78 is 5.51. The Hall–Kier alpha value is -1.62. The Morgan fingerprint density at radius 2 is 2.44 bits per heavy atom. The second-order valence-electron chi connectivity index (χ2n) is 3.75. The number of pyridine rings is 1. The molecule has 0 aromatic carbocycles. The van der Waals surface area contributed by atoms with Crippen molar-refractivity contribution in [2.24, 2.45) is 0 Å². The molecule has 1 saturated heterocycles. The number of hydrogen-bond acceptors (Lipinski definition) is 4. The molecule has 1 amide bonds. The fourth-order valence-corrected chi connectivity index (χ4v) is 1.78. The summed E-state index contributed by atoms with van der Waals surface area (Å²) in [7, 11) is 1.56. The first-order valence-electron chi connectivity index (χ1n) is 5.32. The predicted octanol–water partition coefficient (Wildman–Crippen LogP) is 0.875. The third kappa shape index (κ3) is 1.99. The highest BCUT2D eigenvalue weighted by atomic mass is 16.5. The average Bonchev–Trinajstić information content (AvgIpc) is 2.82. The quantitative estimate of drug-likeness (QED) is 0.777. The molecule has 0 bridgehead atoms. The van der Waals surface area contributed by atoms with Gasteiger partial charge in [0, 0.05) is 13.7 Å².